The molecule has 0 atom stereocenters. The first-order valence-corrected chi connectivity index (χ1v) is 6.47. The second-order valence-corrected chi connectivity index (χ2v) is 4.87. The normalized spacial score (nSPS) is 11.0. The van der Waals surface area contributed by atoms with Gasteiger partial charge in [-0.2, -0.15) is 0 Å². The lowest BCUT2D eigenvalue weighted by molar-refractivity contribution is 0.256. The first kappa shape index (κ1) is 13.6. The van der Waals surface area contributed by atoms with Crippen molar-refractivity contribution in [3.63, 3.8) is 0 Å². The summed E-state index contributed by atoms with van der Waals surface area (Å²) in [5.41, 5.74) is 2.07. The Morgan fingerprint density at radius 3 is 2.74 bits per heavy atom. The number of nitrogens with one attached hydrogen (secondary N) is 1. The fourth-order valence-electron chi connectivity index (χ4n) is 2.02. The fraction of sp³-hybridized carbons (Fsp3) is 0.400. The Bertz CT molecular complexity index is 567. The third kappa shape index (κ3) is 3.15. The maximum absolute atomic E-state index is 5.83. The average Bonchev–Trinajstić information content (AvgIpc) is 2.37. The van der Waals surface area contributed by atoms with Crippen LogP contribution in [0.15, 0.2) is 24.3 Å². The number of aryl methyl sites for hydroxylation is 1. The van der Waals surface area contributed by atoms with Crippen LogP contribution < -0.4 is 10.1 Å². The van der Waals surface area contributed by atoms with E-state index in [2.05, 4.69) is 27.3 Å². The minimum Gasteiger partial charge on any atom is -0.476 e. The summed E-state index contributed by atoms with van der Waals surface area (Å²) in [6.07, 6.45) is 0. The molecule has 1 heterocycles. The number of ether oxygens (including phenoxy) is 1. The molecule has 102 valence electrons. The second-order valence-electron chi connectivity index (χ2n) is 4.87. The Kier molecular flexibility index (Phi) is 4.22. The van der Waals surface area contributed by atoms with Gasteiger partial charge in [-0.1, -0.05) is 6.07 Å². The molecule has 0 aliphatic heterocycles. The van der Waals surface area contributed by atoms with Crippen LogP contribution in [0.1, 0.15) is 5.69 Å². The van der Waals surface area contributed by atoms with Gasteiger partial charge in [0.15, 0.2) is 0 Å². The van der Waals surface area contributed by atoms with E-state index in [-0.39, 0.29) is 0 Å². The number of anilines is 1. The van der Waals surface area contributed by atoms with Gasteiger partial charge in [0.1, 0.15) is 6.61 Å². The predicted molar refractivity (Wildman–Crippen MR) is 80.1 cm³/mol. The Morgan fingerprint density at radius 1 is 1.26 bits per heavy atom. The maximum atomic E-state index is 5.83. The summed E-state index contributed by atoms with van der Waals surface area (Å²) >= 11 is 0. The molecule has 0 amide bonds. The van der Waals surface area contributed by atoms with Crippen molar-refractivity contribution < 1.29 is 4.74 Å². The number of likely N-dealkylation sites (N-methyl/N-ethyl adjacent to an activating group) is 1. The lowest BCUT2D eigenvalue weighted by Gasteiger charge is -2.14. The summed E-state index contributed by atoms with van der Waals surface area (Å²) < 4.78 is 5.83. The van der Waals surface area contributed by atoms with Crippen molar-refractivity contribution in [1.29, 1.82) is 0 Å². The third-order valence-corrected chi connectivity index (χ3v) is 3.01. The van der Waals surface area contributed by atoms with Crippen LogP contribution in [0.5, 0.6) is 5.88 Å². The molecule has 19 heavy (non-hydrogen) atoms. The van der Waals surface area contributed by atoms with Crippen LogP contribution in [-0.2, 0) is 0 Å². The molecule has 4 heteroatoms. The number of nitrogens with zero attached hydrogens (tertiary/aromatic N) is 2. The molecule has 2 aromatic rings. The van der Waals surface area contributed by atoms with Gasteiger partial charge in [-0.15, -0.1) is 0 Å². The van der Waals surface area contributed by atoms with Crippen LogP contribution >= 0.6 is 0 Å². The Hall–Kier alpha value is -1.81. The van der Waals surface area contributed by atoms with Crippen molar-refractivity contribution in [2.24, 2.45) is 0 Å². The van der Waals surface area contributed by atoms with Crippen LogP contribution in [0.2, 0.25) is 0 Å². The Balaban J connectivity index is 2.37. The first-order valence-electron chi connectivity index (χ1n) is 6.47. The van der Waals surface area contributed by atoms with Crippen molar-refractivity contribution >= 4 is 16.5 Å². The van der Waals surface area contributed by atoms with E-state index in [9.17, 15) is 0 Å². The van der Waals surface area contributed by atoms with Gasteiger partial charge in [0.25, 0.3) is 0 Å². The molecule has 1 N–H and O–H groups in total. The standard InChI is InChI=1S/C15H21N3O/c1-11-10-13-12(6-5-7-14(13)16-2)15(17-11)19-9-8-18(3)4/h5-7,10,16H,8-9H2,1-4H3. The number of fused-ring (bicyclic) bond motifs is 1. The van der Waals surface area contributed by atoms with Gasteiger partial charge in [-0.05, 0) is 39.2 Å². The topological polar surface area (TPSA) is 37.4 Å². The smallest absolute Gasteiger partial charge is 0.221 e. The van der Waals surface area contributed by atoms with E-state index in [4.69, 9.17) is 4.74 Å². The van der Waals surface area contributed by atoms with Gasteiger partial charge in [0.05, 0.1) is 0 Å². The average molecular weight is 259 g/mol. The van der Waals surface area contributed by atoms with E-state index in [0.717, 1.165) is 28.7 Å². The summed E-state index contributed by atoms with van der Waals surface area (Å²) in [5, 5.41) is 5.41. The van der Waals surface area contributed by atoms with Gasteiger partial charge in [-0.3, -0.25) is 0 Å². The Labute approximate surface area is 114 Å². The monoisotopic (exact) mass is 259 g/mol. The summed E-state index contributed by atoms with van der Waals surface area (Å²) in [7, 11) is 5.99. The highest BCUT2D eigenvalue weighted by molar-refractivity contribution is 5.96. The second kappa shape index (κ2) is 5.89. The third-order valence-electron chi connectivity index (χ3n) is 3.01. The molecule has 0 bridgehead atoms. The van der Waals surface area contributed by atoms with E-state index in [0.29, 0.717) is 12.5 Å². The summed E-state index contributed by atoms with van der Waals surface area (Å²) in [6, 6.07) is 8.21. The van der Waals surface area contributed by atoms with Gasteiger partial charge in [-0.25, -0.2) is 4.98 Å². The van der Waals surface area contributed by atoms with E-state index < -0.39 is 0 Å². The molecule has 0 unspecified atom stereocenters. The highest BCUT2D eigenvalue weighted by Crippen LogP contribution is 2.29. The molecule has 1 aromatic heterocycles. The molecule has 0 aliphatic rings. The molecule has 0 radical (unpaired) electrons. The van der Waals surface area contributed by atoms with E-state index in [1.807, 2.05) is 40.2 Å². The van der Waals surface area contributed by atoms with Crippen LogP contribution in [-0.4, -0.2) is 44.2 Å². The minimum atomic E-state index is 0.641. The molecule has 4 nitrogen and oxygen atoms in total. The highest BCUT2D eigenvalue weighted by Gasteiger charge is 2.08. The van der Waals surface area contributed by atoms with Crippen LogP contribution in [0.3, 0.4) is 0 Å². The van der Waals surface area contributed by atoms with E-state index >= 15 is 0 Å². The van der Waals surface area contributed by atoms with Gasteiger partial charge >= 0.3 is 0 Å². The van der Waals surface area contributed by atoms with Crippen LogP contribution in [0, 0.1) is 6.92 Å². The SMILES string of the molecule is CNc1cccc2c(OCCN(C)C)nc(C)cc12. The molecular weight excluding hydrogens is 238 g/mol. The summed E-state index contributed by atoms with van der Waals surface area (Å²) in [6.45, 7) is 3.51. The van der Waals surface area contributed by atoms with Gasteiger partial charge in [0, 0.05) is 35.7 Å². The largest absolute Gasteiger partial charge is 0.476 e. The molecular formula is C15H21N3O. The number of benzene rings is 1. The number of pyridine rings is 1. The number of hydrogen-bond donors (Lipinski definition) is 1. The zero-order valence-corrected chi connectivity index (χ0v) is 12.0. The lowest BCUT2D eigenvalue weighted by Crippen LogP contribution is -2.19. The van der Waals surface area contributed by atoms with Gasteiger partial charge < -0.3 is 15.0 Å². The minimum absolute atomic E-state index is 0.641. The zero-order valence-electron chi connectivity index (χ0n) is 12.0. The quantitative estimate of drug-likeness (QED) is 0.895. The van der Waals surface area contributed by atoms with E-state index in [1.165, 1.54) is 0 Å². The fourth-order valence-corrected chi connectivity index (χ4v) is 2.02. The van der Waals surface area contributed by atoms with Crippen molar-refractivity contribution in [2.45, 2.75) is 6.92 Å². The molecule has 0 spiro atoms. The van der Waals surface area contributed by atoms with Crippen LogP contribution in [0.25, 0.3) is 10.8 Å². The molecule has 0 saturated heterocycles. The van der Waals surface area contributed by atoms with Crippen molar-refractivity contribution in [2.75, 3.05) is 39.6 Å². The van der Waals surface area contributed by atoms with Crippen LogP contribution in [0.4, 0.5) is 5.69 Å². The summed E-state index contributed by atoms with van der Waals surface area (Å²) in [5.74, 6) is 0.717. The Morgan fingerprint density at radius 2 is 2.05 bits per heavy atom. The van der Waals surface area contributed by atoms with Gasteiger partial charge in [0.2, 0.25) is 5.88 Å². The number of hydrogen-bond acceptors (Lipinski definition) is 4. The molecule has 2 rings (SSSR count). The predicted octanol–water partition coefficient (Wildman–Crippen LogP) is 2.53. The van der Waals surface area contributed by atoms with Crippen molar-refractivity contribution in [3.05, 3.63) is 30.0 Å². The highest BCUT2D eigenvalue weighted by atomic mass is 16.5. The maximum Gasteiger partial charge on any atom is 0.221 e. The van der Waals surface area contributed by atoms with E-state index in [1.54, 1.807) is 0 Å². The summed E-state index contributed by atoms with van der Waals surface area (Å²) in [4.78, 5) is 6.60. The number of rotatable bonds is 5. The molecule has 0 aliphatic carbocycles. The zero-order chi connectivity index (χ0) is 13.8. The van der Waals surface area contributed by atoms with Crippen molar-refractivity contribution in [1.82, 2.24) is 9.88 Å². The first-order chi connectivity index (χ1) is 9.11. The molecule has 0 fully saturated rings. The number of aromatic nitrogens is 1. The van der Waals surface area contributed by atoms with Crippen molar-refractivity contribution in [3.8, 4) is 5.88 Å². The molecule has 0 saturated carbocycles. The lowest BCUT2D eigenvalue weighted by atomic mass is 10.1. The molecule has 1 aromatic carbocycles.